The van der Waals surface area contributed by atoms with Crippen LogP contribution in [0.4, 0.5) is 18.9 Å². The first-order valence-electron chi connectivity index (χ1n) is 9.16. The van der Waals surface area contributed by atoms with Gasteiger partial charge in [-0.2, -0.15) is 13.2 Å². The van der Waals surface area contributed by atoms with Crippen molar-refractivity contribution < 1.29 is 18.0 Å². The summed E-state index contributed by atoms with van der Waals surface area (Å²) in [6, 6.07) is 9.39. The van der Waals surface area contributed by atoms with Crippen LogP contribution in [0.1, 0.15) is 29.7 Å². The van der Waals surface area contributed by atoms with Crippen LogP contribution in [0, 0.1) is 0 Å². The second kappa shape index (κ2) is 8.78. The van der Waals surface area contributed by atoms with Crippen LogP contribution in [0.15, 0.2) is 41.8 Å². The van der Waals surface area contributed by atoms with Crippen molar-refractivity contribution in [2.75, 3.05) is 31.1 Å². The molecule has 146 valence electrons. The number of piperazine rings is 1. The summed E-state index contributed by atoms with van der Waals surface area (Å²) in [5.41, 5.74) is 0.133. The van der Waals surface area contributed by atoms with Gasteiger partial charge in [0.1, 0.15) is 0 Å². The summed E-state index contributed by atoms with van der Waals surface area (Å²) >= 11 is 1.75. The minimum absolute atomic E-state index is 0.174. The van der Waals surface area contributed by atoms with Gasteiger partial charge in [-0.1, -0.05) is 6.07 Å². The summed E-state index contributed by atoms with van der Waals surface area (Å²) in [6.45, 7) is 2.52. The lowest BCUT2D eigenvalue weighted by atomic mass is 10.1. The van der Waals surface area contributed by atoms with Crippen LogP contribution >= 0.6 is 11.3 Å². The Morgan fingerprint density at radius 3 is 2.30 bits per heavy atom. The maximum absolute atomic E-state index is 12.7. The maximum atomic E-state index is 12.7. The Morgan fingerprint density at radius 1 is 1.00 bits per heavy atom. The number of amides is 1. The molecule has 7 heteroatoms. The van der Waals surface area contributed by atoms with Crippen molar-refractivity contribution >= 4 is 22.9 Å². The molecule has 0 atom stereocenters. The van der Waals surface area contributed by atoms with Crippen molar-refractivity contribution in [3.05, 3.63) is 52.2 Å². The van der Waals surface area contributed by atoms with Crippen molar-refractivity contribution in [3.8, 4) is 0 Å². The number of nitrogens with zero attached hydrogens (tertiary/aromatic N) is 2. The van der Waals surface area contributed by atoms with Crippen LogP contribution in [-0.4, -0.2) is 37.0 Å². The number of hydrogen-bond donors (Lipinski definition) is 0. The van der Waals surface area contributed by atoms with E-state index in [-0.39, 0.29) is 5.91 Å². The fraction of sp³-hybridized carbons (Fsp3) is 0.450. The molecule has 0 radical (unpaired) electrons. The molecule has 1 aliphatic rings. The van der Waals surface area contributed by atoms with E-state index in [9.17, 15) is 18.0 Å². The molecule has 2 heterocycles. The van der Waals surface area contributed by atoms with Crippen LogP contribution < -0.4 is 4.90 Å². The van der Waals surface area contributed by atoms with Gasteiger partial charge in [0.05, 0.1) is 5.56 Å². The lowest BCUT2D eigenvalue weighted by Crippen LogP contribution is -2.48. The van der Waals surface area contributed by atoms with E-state index in [0.717, 1.165) is 37.1 Å². The minimum Gasteiger partial charge on any atom is -0.368 e. The molecule has 0 spiro atoms. The summed E-state index contributed by atoms with van der Waals surface area (Å²) in [5.74, 6) is 0.174. The van der Waals surface area contributed by atoms with E-state index < -0.39 is 11.7 Å². The fourth-order valence-corrected chi connectivity index (χ4v) is 4.01. The fourth-order valence-electron chi connectivity index (χ4n) is 3.26. The number of unbranched alkanes of at least 4 members (excludes halogenated alkanes) is 1. The summed E-state index contributed by atoms with van der Waals surface area (Å²) in [5, 5.41) is 2.07. The topological polar surface area (TPSA) is 23.6 Å². The zero-order chi connectivity index (χ0) is 19.3. The first-order chi connectivity index (χ1) is 12.9. The smallest absolute Gasteiger partial charge is 0.368 e. The van der Waals surface area contributed by atoms with E-state index in [2.05, 4.69) is 11.4 Å². The Bertz CT molecular complexity index is 721. The molecule has 27 heavy (non-hydrogen) atoms. The number of aryl methyl sites for hydroxylation is 1. The normalized spacial score (nSPS) is 15.2. The molecule has 2 aromatic rings. The molecule has 0 N–H and O–H groups in total. The van der Waals surface area contributed by atoms with Crippen LogP contribution in [0.25, 0.3) is 0 Å². The second-order valence-electron chi connectivity index (χ2n) is 6.70. The average molecular weight is 396 g/mol. The van der Waals surface area contributed by atoms with Gasteiger partial charge in [-0.25, -0.2) is 0 Å². The number of carbonyl (C=O) groups excluding carboxylic acids is 1. The molecule has 1 saturated heterocycles. The van der Waals surface area contributed by atoms with Crippen molar-refractivity contribution in [1.82, 2.24) is 4.90 Å². The number of thiophene rings is 1. The number of halogens is 3. The Hall–Kier alpha value is -2.02. The molecule has 1 aromatic heterocycles. The lowest BCUT2D eigenvalue weighted by Gasteiger charge is -2.36. The Kier molecular flexibility index (Phi) is 6.42. The molecule has 3 rings (SSSR count). The van der Waals surface area contributed by atoms with E-state index in [0.29, 0.717) is 32.6 Å². The highest BCUT2D eigenvalue weighted by molar-refractivity contribution is 7.09. The maximum Gasteiger partial charge on any atom is 0.416 e. The SMILES string of the molecule is O=C(CCCCc1cccs1)N1CCN(c2ccc(C(F)(F)F)cc2)CC1. The van der Waals surface area contributed by atoms with E-state index in [4.69, 9.17) is 0 Å². The summed E-state index contributed by atoms with van der Waals surface area (Å²) in [6.07, 6.45) is -0.834. The van der Waals surface area contributed by atoms with Crippen LogP contribution in [-0.2, 0) is 17.4 Å². The van der Waals surface area contributed by atoms with E-state index in [1.807, 2.05) is 15.9 Å². The van der Waals surface area contributed by atoms with E-state index in [1.54, 1.807) is 11.3 Å². The monoisotopic (exact) mass is 396 g/mol. The summed E-state index contributed by atoms with van der Waals surface area (Å²) in [4.78, 5) is 17.6. The van der Waals surface area contributed by atoms with Crippen LogP contribution in [0.5, 0.6) is 0 Å². The van der Waals surface area contributed by atoms with Gasteiger partial charge in [0.25, 0.3) is 0 Å². The van der Waals surface area contributed by atoms with E-state index >= 15 is 0 Å². The molecule has 1 aromatic carbocycles. The molecule has 0 aliphatic carbocycles. The highest BCUT2D eigenvalue weighted by Gasteiger charge is 2.30. The average Bonchev–Trinajstić information content (AvgIpc) is 3.18. The Labute approximate surface area is 161 Å². The zero-order valence-corrected chi connectivity index (χ0v) is 15.9. The highest BCUT2D eigenvalue weighted by Crippen LogP contribution is 2.30. The molecule has 1 fully saturated rings. The van der Waals surface area contributed by atoms with Gasteiger partial charge in [-0.3, -0.25) is 4.79 Å². The lowest BCUT2D eigenvalue weighted by molar-refractivity contribution is -0.137. The van der Waals surface area contributed by atoms with Gasteiger partial charge < -0.3 is 9.80 Å². The summed E-state index contributed by atoms with van der Waals surface area (Å²) < 4.78 is 38.0. The first-order valence-corrected chi connectivity index (χ1v) is 10.0. The van der Waals surface area contributed by atoms with Gasteiger partial charge in [0, 0.05) is 43.2 Å². The van der Waals surface area contributed by atoms with Gasteiger partial charge in [-0.15, -0.1) is 11.3 Å². The van der Waals surface area contributed by atoms with Gasteiger partial charge >= 0.3 is 6.18 Å². The third-order valence-electron chi connectivity index (χ3n) is 4.84. The van der Waals surface area contributed by atoms with E-state index in [1.165, 1.54) is 17.0 Å². The van der Waals surface area contributed by atoms with Crippen molar-refractivity contribution in [2.45, 2.75) is 31.9 Å². The predicted molar refractivity (Wildman–Crippen MR) is 102 cm³/mol. The third kappa shape index (κ3) is 5.48. The van der Waals surface area contributed by atoms with Crippen molar-refractivity contribution in [1.29, 1.82) is 0 Å². The quantitative estimate of drug-likeness (QED) is 0.653. The number of rotatable bonds is 6. The number of benzene rings is 1. The molecular formula is C20H23F3N2OS. The molecule has 0 saturated carbocycles. The van der Waals surface area contributed by atoms with Crippen LogP contribution in [0.2, 0.25) is 0 Å². The highest BCUT2D eigenvalue weighted by atomic mass is 32.1. The van der Waals surface area contributed by atoms with Crippen molar-refractivity contribution in [3.63, 3.8) is 0 Å². The Balaban J connectivity index is 1.41. The largest absolute Gasteiger partial charge is 0.416 e. The molecule has 1 amide bonds. The zero-order valence-electron chi connectivity index (χ0n) is 15.0. The molecule has 0 unspecified atom stereocenters. The minimum atomic E-state index is -4.31. The van der Waals surface area contributed by atoms with Gasteiger partial charge in [-0.05, 0) is 55.0 Å². The van der Waals surface area contributed by atoms with Gasteiger partial charge in [0.15, 0.2) is 0 Å². The van der Waals surface area contributed by atoms with Crippen molar-refractivity contribution in [2.24, 2.45) is 0 Å². The molecule has 3 nitrogen and oxygen atoms in total. The van der Waals surface area contributed by atoms with Crippen LogP contribution in [0.3, 0.4) is 0 Å². The number of hydrogen-bond acceptors (Lipinski definition) is 3. The standard InChI is InChI=1S/C20H23F3N2OS/c21-20(22,23)16-7-9-17(10-8-16)24-11-13-25(14-12-24)19(26)6-2-1-4-18-5-3-15-27-18/h3,5,7-10,15H,1-2,4,6,11-14H2. The number of carbonyl (C=O) groups is 1. The molecule has 1 aliphatic heterocycles. The predicted octanol–water partition coefficient (Wildman–Crippen LogP) is 4.83. The third-order valence-corrected chi connectivity index (χ3v) is 5.77. The van der Waals surface area contributed by atoms with Gasteiger partial charge in [0.2, 0.25) is 5.91 Å². The first kappa shape index (κ1) is 19.7. The molecular weight excluding hydrogens is 373 g/mol. The Morgan fingerprint density at radius 2 is 1.70 bits per heavy atom. The number of alkyl halides is 3. The molecule has 0 bridgehead atoms. The summed E-state index contributed by atoms with van der Waals surface area (Å²) in [7, 11) is 0. The second-order valence-corrected chi connectivity index (χ2v) is 7.73. The number of anilines is 1.